The maximum atomic E-state index is 14.1. The molecule has 44 heavy (non-hydrogen) atoms. The molecule has 2 amide bonds. The minimum Gasteiger partial charge on any atom is -0.437 e. The summed E-state index contributed by atoms with van der Waals surface area (Å²) in [5, 5.41) is 3.43. The first kappa shape index (κ1) is 29.8. The van der Waals surface area contributed by atoms with Crippen LogP contribution in [0.2, 0.25) is 0 Å². The summed E-state index contributed by atoms with van der Waals surface area (Å²) in [4.78, 5) is 35.5. The highest BCUT2D eigenvalue weighted by molar-refractivity contribution is 5.89. The van der Waals surface area contributed by atoms with Gasteiger partial charge in [-0.05, 0) is 48.9 Å². The number of amides is 2. The average molecular weight is 609 g/mol. The fourth-order valence-electron chi connectivity index (χ4n) is 5.97. The van der Waals surface area contributed by atoms with E-state index in [0.29, 0.717) is 23.8 Å². The second-order valence-corrected chi connectivity index (χ2v) is 11.5. The van der Waals surface area contributed by atoms with Crippen molar-refractivity contribution in [2.24, 2.45) is 0 Å². The van der Waals surface area contributed by atoms with Gasteiger partial charge in [-0.15, -0.1) is 0 Å². The van der Waals surface area contributed by atoms with Crippen molar-refractivity contribution in [1.82, 2.24) is 34.6 Å². The van der Waals surface area contributed by atoms with Gasteiger partial charge in [0.2, 0.25) is 5.88 Å². The molecule has 6 rings (SSSR count). The van der Waals surface area contributed by atoms with Crippen LogP contribution in [0.15, 0.2) is 42.9 Å². The summed E-state index contributed by atoms with van der Waals surface area (Å²) in [5.74, 6) is 0.753. The number of H-pyrrole nitrogens is 1. The lowest BCUT2D eigenvalue weighted by molar-refractivity contribution is -0.138. The number of carbonyl (C=O) groups excluding carboxylic acids is 1. The predicted octanol–water partition coefficient (Wildman–Crippen LogP) is 5.76. The van der Waals surface area contributed by atoms with E-state index in [0.717, 1.165) is 61.1 Å². The number of piperazine rings is 1. The van der Waals surface area contributed by atoms with Gasteiger partial charge in [-0.2, -0.15) is 13.2 Å². The zero-order valence-corrected chi connectivity index (χ0v) is 24.9. The Balaban J connectivity index is 1.16. The minimum absolute atomic E-state index is 0.0853. The molecule has 1 atom stereocenters. The zero-order chi connectivity index (χ0) is 31.0. The van der Waals surface area contributed by atoms with Crippen LogP contribution in [0.25, 0.3) is 11.0 Å². The zero-order valence-electron chi connectivity index (χ0n) is 24.9. The molecule has 0 bridgehead atoms. The molecule has 3 aromatic heterocycles. The molecule has 232 valence electrons. The van der Waals surface area contributed by atoms with E-state index < -0.39 is 17.8 Å². The van der Waals surface area contributed by atoms with Crippen LogP contribution in [-0.4, -0.2) is 79.9 Å². The van der Waals surface area contributed by atoms with Gasteiger partial charge in [0.25, 0.3) is 0 Å². The molecule has 4 aromatic rings. The molecule has 2 aliphatic rings. The third-order valence-electron chi connectivity index (χ3n) is 8.30. The van der Waals surface area contributed by atoms with Gasteiger partial charge in [0.05, 0.1) is 22.8 Å². The molecule has 2 aliphatic heterocycles. The molecule has 2 N–H and O–H groups in total. The summed E-state index contributed by atoms with van der Waals surface area (Å²) in [6.45, 7) is 10.8. The van der Waals surface area contributed by atoms with Gasteiger partial charge in [0.15, 0.2) is 0 Å². The van der Waals surface area contributed by atoms with Gasteiger partial charge in [0.1, 0.15) is 17.7 Å². The number of nitrogens with one attached hydrogen (secondary N) is 2. The van der Waals surface area contributed by atoms with Crippen molar-refractivity contribution < 1.29 is 22.7 Å². The fraction of sp³-hybridized carbons (Fsp3) is 0.419. The third kappa shape index (κ3) is 6.34. The number of aryl methyl sites for hydroxylation is 1. The van der Waals surface area contributed by atoms with Crippen LogP contribution < -0.4 is 10.1 Å². The topological polar surface area (TPSA) is 103 Å². The monoisotopic (exact) mass is 608 g/mol. The quantitative estimate of drug-likeness (QED) is 0.287. The lowest BCUT2D eigenvalue weighted by Crippen LogP contribution is -2.45. The maximum absolute atomic E-state index is 14.1. The molecule has 0 spiro atoms. The number of hydrogen-bond acceptors (Lipinski definition) is 7. The van der Waals surface area contributed by atoms with Crippen molar-refractivity contribution in [2.45, 2.75) is 46.0 Å². The molecular weight excluding hydrogens is 573 g/mol. The highest BCUT2D eigenvalue weighted by Crippen LogP contribution is 2.36. The number of fused-ring (bicyclic) bond motifs is 2. The van der Waals surface area contributed by atoms with Crippen molar-refractivity contribution in [2.75, 3.05) is 44.6 Å². The Labute approximate surface area is 253 Å². The Morgan fingerprint density at radius 1 is 1.09 bits per heavy atom. The summed E-state index contributed by atoms with van der Waals surface area (Å²) in [5.41, 5.74) is 2.79. The third-order valence-corrected chi connectivity index (χ3v) is 8.30. The van der Waals surface area contributed by atoms with Crippen LogP contribution in [0, 0.1) is 6.92 Å². The Hall–Kier alpha value is -4.23. The maximum Gasteiger partial charge on any atom is 0.416 e. The Morgan fingerprint density at radius 3 is 2.61 bits per heavy atom. The average Bonchev–Trinajstić information content (AvgIpc) is 3.39. The SMILES string of the molecule is CCN1CCN(Cc2ccc(NC(=O)N3Cc4cc(Oc5ncnc6[nH]c(C)cc56)cnc4C(C)C3)cc2C(F)(F)F)CC1. The summed E-state index contributed by atoms with van der Waals surface area (Å²) in [6.07, 6.45) is -1.50. The van der Waals surface area contributed by atoms with Gasteiger partial charge in [-0.1, -0.05) is 19.9 Å². The highest BCUT2D eigenvalue weighted by Gasteiger charge is 2.35. The number of carbonyl (C=O) groups is 1. The van der Waals surface area contributed by atoms with Gasteiger partial charge in [-0.3, -0.25) is 9.88 Å². The number of anilines is 1. The number of urea groups is 1. The number of ether oxygens (including phenoxy) is 1. The molecule has 5 heterocycles. The smallest absolute Gasteiger partial charge is 0.416 e. The van der Waals surface area contributed by atoms with Crippen LogP contribution in [0.5, 0.6) is 11.6 Å². The predicted molar refractivity (Wildman–Crippen MR) is 160 cm³/mol. The molecule has 10 nitrogen and oxygen atoms in total. The van der Waals surface area contributed by atoms with Crippen LogP contribution >= 0.6 is 0 Å². The first-order valence-corrected chi connectivity index (χ1v) is 14.7. The van der Waals surface area contributed by atoms with E-state index in [9.17, 15) is 18.0 Å². The highest BCUT2D eigenvalue weighted by atomic mass is 19.4. The molecular formula is C31H35F3N8O2. The summed E-state index contributed by atoms with van der Waals surface area (Å²) in [7, 11) is 0. The number of benzene rings is 1. The first-order chi connectivity index (χ1) is 21.1. The molecule has 13 heteroatoms. The van der Waals surface area contributed by atoms with E-state index in [2.05, 4.69) is 37.1 Å². The molecule has 1 fully saturated rings. The number of rotatable bonds is 6. The minimum atomic E-state index is -4.55. The van der Waals surface area contributed by atoms with E-state index in [1.807, 2.05) is 30.9 Å². The molecule has 1 aromatic carbocycles. The normalized spacial score (nSPS) is 18.0. The molecule has 0 saturated carbocycles. The Morgan fingerprint density at radius 2 is 1.86 bits per heavy atom. The number of nitrogens with zero attached hydrogens (tertiary/aromatic N) is 6. The van der Waals surface area contributed by atoms with Crippen LogP contribution in [0.1, 0.15) is 47.8 Å². The Bertz CT molecular complexity index is 1670. The van der Waals surface area contributed by atoms with Gasteiger partial charge in [-0.25, -0.2) is 14.8 Å². The van der Waals surface area contributed by atoms with E-state index in [4.69, 9.17) is 4.74 Å². The lowest BCUT2D eigenvalue weighted by Gasteiger charge is -2.34. The standard InChI is InChI=1S/C31H35F3N8O2/c1-4-40-7-9-41(10-8-40)16-21-5-6-23(13-26(21)31(32,33)34)39-30(43)42-15-19(2)27-22(17-42)12-24(14-35-27)44-29-25-11-20(3)38-28(25)36-18-37-29/h5-6,11-14,18-19H,4,7-10,15-17H2,1-3H3,(H,39,43)(H,36,37,38). The Kier molecular flexibility index (Phi) is 8.16. The molecule has 0 aliphatic carbocycles. The number of hydrogen-bond donors (Lipinski definition) is 2. The van der Waals surface area contributed by atoms with E-state index in [1.165, 1.54) is 12.4 Å². The van der Waals surface area contributed by atoms with E-state index >= 15 is 0 Å². The molecule has 1 unspecified atom stereocenters. The van der Waals surface area contributed by atoms with Crippen LogP contribution in [0.4, 0.5) is 23.7 Å². The second kappa shape index (κ2) is 12.0. The number of pyridine rings is 1. The number of alkyl halides is 3. The van der Waals surface area contributed by atoms with Crippen molar-refractivity contribution in [3.63, 3.8) is 0 Å². The van der Waals surface area contributed by atoms with E-state index in [-0.39, 0.29) is 30.3 Å². The number of halogens is 3. The first-order valence-electron chi connectivity index (χ1n) is 14.7. The largest absolute Gasteiger partial charge is 0.437 e. The summed E-state index contributed by atoms with van der Waals surface area (Å²) < 4.78 is 48.4. The van der Waals surface area contributed by atoms with Crippen LogP contribution in [0.3, 0.4) is 0 Å². The van der Waals surface area contributed by atoms with Crippen molar-refractivity contribution in [1.29, 1.82) is 0 Å². The number of likely N-dealkylation sites (N-methyl/N-ethyl adjacent to an activating group) is 1. The van der Waals surface area contributed by atoms with Gasteiger partial charge in [0, 0.05) is 63.1 Å². The molecule has 1 saturated heterocycles. The van der Waals surface area contributed by atoms with E-state index in [1.54, 1.807) is 17.2 Å². The van der Waals surface area contributed by atoms with Gasteiger partial charge < -0.3 is 24.8 Å². The van der Waals surface area contributed by atoms with Crippen molar-refractivity contribution in [3.05, 3.63) is 70.9 Å². The lowest BCUT2D eigenvalue weighted by atomic mass is 9.96. The van der Waals surface area contributed by atoms with Crippen LogP contribution in [-0.2, 0) is 19.3 Å². The molecule has 0 radical (unpaired) electrons. The number of aromatic nitrogens is 4. The summed E-state index contributed by atoms with van der Waals surface area (Å²) >= 11 is 0. The van der Waals surface area contributed by atoms with Crippen molar-refractivity contribution in [3.8, 4) is 11.6 Å². The summed E-state index contributed by atoms with van der Waals surface area (Å²) in [6, 6.07) is 7.30. The van der Waals surface area contributed by atoms with Crippen molar-refractivity contribution >= 4 is 22.8 Å². The fourth-order valence-corrected chi connectivity index (χ4v) is 5.97. The van der Waals surface area contributed by atoms with Gasteiger partial charge >= 0.3 is 12.2 Å². The second-order valence-electron chi connectivity index (χ2n) is 11.5. The number of aromatic amines is 1.